The van der Waals surface area contributed by atoms with Crippen LogP contribution in [0.4, 0.5) is 0 Å². The molecule has 3 aliphatic rings. The number of fused-ring (bicyclic) bond motifs is 1. The molecule has 17 heavy (non-hydrogen) atoms. The van der Waals surface area contributed by atoms with Crippen molar-refractivity contribution in [2.45, 2.75) is 45.3 Å². The monoisotopic (exact) mass is 240 g/mol. The summed E-state index contributed by atoms with van der Waals surface area (Å²) >= 11 is 0. The predicted octanol–water partition coefficient (Wildman–Crippen LogP) is 2.18. The highest BCUT2D eigenvalue weighted by atomic mass is 16.7. The van der Waals surface area contributed by atoms with Crippen molar-refractivity contribution in [3.8, 4) is 0 Å². The molecule has 98 valence electrons. The summed E-state index contributed by atoms with van der Waals surface area (Å²) in [7, 11) is 0. The number of aliphatic hydroxyl groups excluding tert-OH is 1. The van der Waals surface area contributed by atoms with Crippen molar-refractivity contribution in [1.29, 1.82) is 0 Å². The summed E-state index contributed by atoms with van der Waals surface area (Å²) in [5.74, 6) is 1.52. The molecule has 1 aliphatic heterocycles. The molecule has 2 saturated carbocycles. The number of hydrogen-bond donors (Lipinski definition) is 1. The second-order valence-corrected chi connectivity index (χ2v) is 7.00. The van der Waals surface area contributed by atoms with Gasteiger partial charge in [0, 0.05) is 24.9 Å². The Balaban J connectivity index is 1.68. The van der Waals surface area contributed by atoms with Gasteiger partial charge in [-0.3, -0.25) is 0 Å². The van der Waals surface area contributed by atoms with Crippen LogP contribution in [0.5, 0.6) is 0 Å². The number of ether oxygens (including phenoxy) is 2. The standard InChI is InChI=1S/C14H24O3/c1-13(2)8-16-14(17-9-13)5-10-3-4-11(7-15)12(10)6-14/h10-12,15H,3-9H2,1-2H3. The van der Waals surface area contributed by atoms with Crippen molar-refractivity contribution in [1.82, 2.24) is 0 Å². The van der Waals surface area contributed by atoms with E-state index in [2.05, 4.69) is 13.8 Å². The molecule has 0 aromatic heterocycles. The Morgan fingerprint density at radius 2 is 1.82 bits per heavy atom. The van der Waals surface area contributed by atoms with E-state index in [-0.39, 0.29) is 11.2 Å². The molecule has 0 aromatic rings. The molecule has 1 saturated heterocycles. The minimum absolute atomic E-state index is 0.152. The molecule has 3 fully saturated rings. The Kier molecular flexibility index (Phi) is 2.77. The molecular weight excluding hydrogens is 216 g/mol. The molecule has 1 spiro atoms. The minimum Gasteiger partial charge on any atom is -0.396 e. The van der Waals surface area contributed by atoms with Gasteiger partial charge in [0.05, 0.1) is 13.2 Å². The Hall–Kier alpha value is -0.120. The van der Waals surface area contributed by atoms with Gasteiger partial charge in [-0.2, -0.15) is 0 Å². The van der Waals surface area contributed by atoms with Crippen molar-refractivity contribution in [2.24, 2.45) is 23.2 Å². The zero-order valence-electron chi connectivity index (χ0n) is 10.9. The average Bonchev–Trinajstić information content (AvgIpc) is 2.80. The Bertz CT molecular complexity index is 290. The van der Waals surface area contributed by atoms with Gasteiger partial charge in [-0.15, -0.1) is 0 Å². The van der Waals surface area contributed by atoms with E-state index in [1.807, 2.05) is 0 Å². The highest BCUT2D eigenvalue weighted by molar-refractivity contribution is 4.98. The molecular formula is C14H24O3. The van der Waals surface area contributed by atoms with Crippen LogP contribution in [0, 0.1) is 23.2 Å². The molecule has 3 atom stereocenters. The third-order valence-electron chi connectivity index (χ3n) is 4.93. The first-order valence-electron chi connectivity index (χ1n) is 6.92. The lowest BCUT2D eigenvalue weighted by molar-refractivity contribution is -0.298. The van der Waals surface area contributed by atoms with Crippen molar-refractivity contribution in [2.75, 3.05) is 19.8 Å². The SMILES string of the molecule is CC1(C)COC2(CC3CCC(CO)C3C2)OC1. The summed E-state index contributed by atoms with van der Waals surface area (Å²) in [6, 6.07) is 0. The number of aliphatic hydroxyl groups is 1. The summed E-state index contributed by atoms with van der Waals surface area (Å²) in [4.78, 5) is 0. The molecule has 0 radical (unpaired) electrons. The molecule has 2 aliphatic carbocycles. The van der Waals surface area contributed by atoms with Crippen LogP contribution in [-0.4, -0.2) is 30.7 Å². The van der Waals surface area contributed by atoms with E-state index in [9.17, 15) is 5.11 Å². The summed E-state index contributed by atoms with van der Waals surface area (Å²) in [5, 5.41) is 9.40. The van der Waals surface area contributed by atoms with Crippen LogP contribution in [0.25, 0.3) is 0 Å². The van der Waals surface area contributed by atoms with Crippen LogP contribution in [0.3, 0.4) is 0 Å². The summed E-state index contributed by atoms with van der Waals surface area (Å²) in [5.41, 5.74) is 0.152. The van der Waals surface area contributed by atoms with Gasteiger partial charge in [-0.1, -0.05) is 13.8 Å². The molecule has 3 unspecified atom stereocenters. The fraction of sp³-hybridized carbons (Fsp3) is 1.00. The van der Waals surface area contributed by atoms with Gasteiger partial charge in [0.1, 0.15) is 0 Å². The molecule has 3 nitrogen and oxygen atoms in total. The third kappa shape index (κ3) is 2.02. The van der Waals surface area contributed by atoms with E-state index in [0.29, 0.717) is 24.4 Å². The van der Waals surface area contributed by atoms with Crippen LogP contribution >= 0.6 is 0 Å². The number of hydrogen-bond acceptors (Lipinski definition) is 3. The smallest absolute Gasteiger partial charge is 0.168 e. The van der Waals surface area contributed by atoms with E-state index in [1.54, 1.807) is 0 Å². The quantitative estimate of drug-likeness (QED) is 0.763. The second kappa shape index (κ2) is 3.94. The van der Waals surface area contributed by atoms with Crippen LogP contribution in [0.15, 0.2) is 0 Å². The van der Waals surface area contributed by atoms with Gasteiger partial charge in [-0.05, 0) is 30.6 Å². The predicted molar refractivity (Wildman–Crippen MR) is 64.4 cm³/mol. The van der Waals surface area contributed by atoms with Gasteiger partial charge >= 0.3 is 0 Å². The van der Waals surface area contributed by atoms with Crippen LogP contribution in [0.2, 0.25) is 0 Å². The molecule has 3 rings (SSSR count). The highest BCUT2D eigenvalue weighted by Crippen LogP contribution is 2.54. The van der Waals surface area contributed by atoms with Gasteiger partial charge in [-0.25, -0.2) is 0 Å². The van der Waals surface area contributed by atoms with Crippen molar-refractivity contribution >= 4 is 0 Å². The van der Waals surface area contributed by atoms with Crippen molar-refractivity contribution in [3.05, 3.63) is 0 Å². The first-order valence-corrected chi connectivity index (χ1v) is 6.92. The van der Waals surface area contributed by atoms with Crippen molar-refractivity contribution in [3.63, 3.8) is 0 Å². The van der Waals surface area contributed by atoms with Gasteiger partial charge in [0.15, 0.2) is 5.79 Å². The van der Waals surface area contributed by atoms with Gasteiger partial charge in [0.2, 0.25) is 0 Å². The highest BCUT2D eigenvalue weighted by Gasteiger charge is 2.54. The summed E-state index contributed by atoms with van der Waals surface area (Å²) < 4.78 is 12.1. The van der Waals surface area contributed by atoms with E-state index >= 15 is 0 Å². The second-order valence-electron chi connectivity index (χ2n) is 7.00. The largest absolute Gasteiger partial charge is 0.396 e. The van der Waals surface area contributed by atoms with Crippen molar-refractivity contribution < 1.29 is 14.6 Å². The zero-order valence-corrected chi connectivity index (χ0v) is 10.9. The summed E-state index contributed by atoms with van der Waals surface area (Å²) in [6.45, 7) is 6.31. The topological polar surface area (TPSA) is 38.7 Å². The van der Waals surface area contributed by atoms with E-state index in [1.165, 1.54) is 12.8 Å². The molecule has 0 aromatic carbocycles. The first kappa shape index (κ1) is 11.9. The summed E-state index contributed by atoms with van der Waals surface area (Å²) in [6.07, 6.45) is 4.48. The Morgan fingerprint density at radius 3 is 2.47 bits per heavy atom. The fourth-order valence-corrected chi connectivity index (χ4v) is 3.87. The first-order chi connectivity index (χ1) is 8.04. The Labute approximate surface area is 103 Å². The maximum Gasteiger partial charge on any atom is 0.168 e. The van der Waals surface area contributed by atoms with E-state index in [4.69, 9.17) is 9.47 Å². The molecule has 3 heteroatoms. The lowest BCUT2D eigenvalue weighted by atomic mass is 9.92. The lowest BCUT2D eigenvalue weighted by Gasteiger charge is -2.42. The third-order valence-corrected chi connectivity index (χ3v) is 4.93. The maximum absolute atomic E-state index is 9.40. The molecule has 0 amide bonds. The van der Waals surface area contributed by atoms with Gasteiger partial charge in [0.25, 0.3) is 0 Å². The molecule has 1 N–H and O–H groups in total. The van der Waals surface area contributed by atoms with Gasteiger partial charge < -0.3 is 14.6 Å². The van der Waals surface area contributed by atoms with E-state index < -0.39 is 0 Å². The molecule has 0 bridgehead atoms. The average molecular weight is 240 g/mol. The molecule has 1 heterocycles. The van der Waals surface area contributed by atoms with Crippen LogP contribution in [-0.2, 0) is 9.47 Å². The number of rotatable bonds is 1. The van der Waals surface area contributed by atoms with E-state index in [0.717, 1.165) is 26.1 Å². The normalized spacial score (nSPS) is 42.9. The minimum atomic E-state index is -0.307. The lowest BCUT2D eigenvalue weighted by Crippen LogP contribution is -2.46. The van der Waals surface area contributed by atoms with Crippen LogP contribution < -0.4 is 0 Å². The maximum atomic E-state index is 9.40. The Morgan fingerprint density at radius 1 is 1.12 bits per heavy atom. The fourth-order valence-electron chi connectivity index (χ4n) is 3.87. The zero-order chi connectivity index (χ0) is 12.1. The van der Waals surface area contributed by atoms with Crippen LogP contribution in [0.1, 0.15) is 39.5 Å².